The maximum atomic E-state index is 12.8. The van der Waals surface area contributed by atoms with Crippen LogP contribution < -0.4 is 0 Å². The Morgan fingerprint density at radius 2 is 1.87 bits per heavy atom. The first-order chi connectivity index (χ1) is 18.5. The third kappa shape index (κ3) is 5.32. The Bertz CT molecular complexity index is 1110. The van der Waals surface area contributed by atoms with Crippen molar-refractivity contribution in [1.82, 2.24) is 0 Å². The van der Waals surface area contributed by atoms with E-state index in [2.05, 4.69) is 40.7 Å². The summed E-state index contributed by atoms with van der Waals surface area (Å²) in [7, 11) is 0. The van der Waals surface area contributed by atoms with Gasteiger partial charge in [-0.05, 0) is 97.3 Å². The number of allylic oxidation sites excluding steroid dienone is 1. The highest BCUT2D eigenvalue weighted by molar-refractivity contribution is 5.90. The molecule has 1 aromatic carbocycles. The molecule has 3 fully saturated rings. The highest BCUT2D eigenvalue weighted by Crippen LogP contribution is 2.67. The van der Waals surface area contributed by atoms with Crippen molar-refractivity contribution in [3.63, 3.8) is 0 Å². The molecule has 0 heterocycles. The van der Waals surface area contributed by atoms with E-state index in [1.807, 2.05) is 0 Å². The van der Waals surface area contributed by atoms with Crippen LogP contribution in [0.5, 0.6) is 0 Å². The summed E-state index contributed by atoms with van der Waals surface area (Å²) >= 11 is 0. The van der Waals surface area contributed by atoms with Gasteiger partial charge in [0.05, 0.1) is 10.5 Å². The standard InChI is InChI=1S/C34H49NO4/c1-22(2)8-6-9-23(3)29-14-15-30-28-13-12-25-21-27(16-18-33(25,4)31(28)17-19-34(29,30)5)39-32(36)24-10-7-11-26(20-24)35(37)38/h7,10-12,20,22-23,27-31H,6,8-9,13-19,21H2,1-5H3. The highest BCUT2D eigenvalue weighted by atomic mass is 16.6. The van der Waals surface area contributed by atoms with Crippen molar-refractivity contribution in [2.24, 2.45) is 46.3 Å². The molecule has 214 valence electrons. The number of hydrogen-bond acceptors (Lipinski definition) is 4. The molecule has 0 radical (unpaired) electrons. The van der Waals surface area contributed by atoms with Crippen LogP contribution in [-0.4, -0.2) is 17.0 Å². The van der Waals surface area contributed by atoms with Crippen LogP contribution in [0.2, 0.25) is 0 Å². The fraction of sp³-hybridized carbons (Fsp3) is 0.735. The molecule has 0 aliphatic heterocycles. The van der Waals surface area contributed by atoms with Crippen LogP contribution >= 0.6 is 0 Å². The average Bonchev–Trinajstić information content (AvgIpc) is 3.26. The van der Waals surface area contributed by atoms with Gasteiger partial charge in [0.15, 0.2) is 0 Å². The number of nitro benzene ring substituents is 1. The summed E-state index contributed by atoms with van der Waals surface area (Å²) in [5.74, 6) is 4.42. The van der Waals surface area contributed by atoms with Crippen molar-refractivity contribution in [1.29, 1.82) is 0 Å². The minimum atomic E-state index is -0.471. The second-order valence-electron chi connectivity index (χ2n) is 14.4. The number of carbonyl (C=O) groups is 1. The predicted molar refractivity (Wildman–Crippen MR) is 155 cm³/mol. The lowest BCUT2D eigenvalue weighted by molar-refractivity contribution is -0.384. The molecule has 3 saturated carbocycles. The van der Waals surface area contributed by atoms with Crippen molar-refractivity contribution in [3.05, 3.63) is 51.6 Å². The lowest BCUT2D eigenvalue weighted by atomic mass is 9.47. The van der Waals surface area contributed by atoms with Gasteiger partial charge in [-0.25, -0.2) is 4.79 Å². The van der Waals surface area contributed by atoms with E-state index in [0.717, 1.165) is 54.8 Å². The Morgan fingerprint density at radius 3 is 2.62 bits per heavy atom. The summed E-state index contributed by atoms with van der Waals surface area (Å²) in [5.41, 5.74) is 2.37. The van der Waals surface area contributed by atoms with Crippen LogP contribution in [0, 0.1) is 56.5 Å². The van der Waals surface area contributed by atoms with Crippen LogP contribution in [0.15, 0.2) is 35.9 Å². The van der Waals surface area contributed by atoms with E-state index < -0.39 is 10.9 Å². The van der Waals surface area contributed by atoms with Gasteiger partial charge < -0.3 is 4.74 Å². The zero-order chi connectivity index (χ0) is 27.9. The van der Waals surface area contributed by atoms with Gasteiger partial charge >= 0.3 is 5.97 Å². The number of nitro groups is 1. The molecule has 4 aliphatic rings. The van der Waals surface area contributed by atoms with Gasteiger partial charge in [-0.2, -0.15) is 0 Å². The Kier molecular flexibility index (Phi) is 8.01. The molecular weight excluding hydrogens is 486 g/mol. The topological polar surface area (TPSA) is 69.4 Å². The molecule has 8 atom stereocenters. The summed E-state index contributed by atoms with van der Waals surface area (Å²) in [4.78, 5) is 23.5. The lowest BCUT2D eigenvalue weighted by Crippen LogP contribution is -2.51. The summed E-state index contributed by atoms with van der Waals surface area (Å²) in [6.07, 6.45) is 15.9. The first-order valence-electron chi connectivity index (χ1n) is 15.7. The Morgan fingerprint density at radius 1 is 1.08 bits per heavy atom. The molecule has 39 heavy (non-hydrogen) atoms. The van der Waals surface area contributed by atoms with Gasteiger partial charge in [-0.15, -0.1) is 0 Å². The fourth-order valence-electron chi connectivity index (χ4n) is 9.72. The quantitative estimate of drug-likeness (QED) is 0.144. The molecule has 0 spiro atoms. The normalized spacial score (nSPS) is 36.4. The Labute approximate surface area is 235 Å². The Balaban J connectivity index is 1.25. The molecule has 0 bridgehead atoms. The third-order valence-electron chi connectivity index (χ3n) is 11.8. The largest absolute Gasteiger partial charge is 0.458 e. The monoisotopic (exact) mass is 535 g/mol. The molecule has 5 nitrogen and oxygen atoms in total. The zero-order valence-electron chi connectivity index (χ0n) is 24.8. The number of non-ortho nitro benzene ring substituents is 1. The molecule has 0 aromatic heterocycles. The maximum Gasteiger partial charge on any atom is 0.338 e. The average molecular weight is 536 g/mol. The van der Waals surface area contributed by atoms with Crippen molar-refractivity contribution < 1.29 is 14.5 Å². The number of rotatable bonds is 8. The van der Waals surface area contributed by atoms with E-state index in [0.29, 0.717) is 5.41 Å². The van der Waals surface area contributed by atoms with Gasteiger partial charge in [0.25, 0.3) is 5.69 Å². The van der Waals surface area contributed by atoms with E-state index >= 15 is 0 Å². The minimum absolute atomic E-state index is 0.0786. The number of fused-ring (bicyclic) bond motifs is 5. The molecule has 5 rings (SSSR count). The number of esters is 1. The van der Waals surface area contributed by atoms with Crippen LogP contribution in [0.1, 0.15) is 116 Å². The van der Waals surface area contributed by atoms with E-state index in [1.165, 1.54) is 69.1 Å². The van der Waals surface area contributed by atoms with Gasteiger partial charge in [-0.1, -0.05) is 71.6 Å². The maximum absolute atomic E-state index is 12.8. The highest BCUT2D eigenvalue weighted by Gasteiger charge is 2.59. The van der Waals surface area contributed by atoms with Crippen LogP contribution in [-0.2, 0) is 4.74 Å². The van der Waals surface area contributed by atoms with E-state index in [1.54, 1.807) is 12.1 Å². The predicted octanol–water partition coefficient (Wildman–Crippen LogP) is 9.16. The van der Waals surface area contributed by atoms with Crippen molar-refractivity contribution >= 4 is 11.7 Å². The first kappa shape index (κ1) is 28.4. The minimum Gasteiger partial charge on any atom is -0.458 e. The van der Waals surface area contributed by atoms with E-state index in [4.69, 9.17) is 4.74 Å². The number of hydrogen-bond donors (Lipinski definition) is 0. The van der Waals surface area contributed by atoms with E-state index in [-0.39, 0.29) is 22.8 Å². The van der Waals surface area contributed by atoms with Gasteiger partial charge in [0.1, 0.15) is 6.10 Å². The smallest absolute Gasteiger partial charge is 0.338 e. The molecular formula is C34H49NO4. The first-order valence-corrected chi connectivity index (χ1v) is 15.7. The summed E-state index contributed by atoms with van der Waals surface area (Å²) in [6.45, 7) is 12.4. The molecule has 5 heteroatoms. The zero-order valence-corrected chi connectivity index (χ0v) is 24.8. The number of carbonyl (C=O) groups excluding carboxylic acids is 1. The summed E-state index contributed by atoms with van der Waals surface area (Å²) in [6, 6.07) is 5.87. The van der Waals surface area contributed by atoms with Crippen LogP contribution in [0.25, 0.3) is 0 Å². The van der Waals surface area contributed by atoms with Crippen molar-refractivity contribution in [3.8, 4) is 0 Å². The van der Waals surface area contributed by atoms with Crippen molar-refractivity contribution in [2.75, 3.05) is 0 Å². The fourth-order valence-corrected chi connectivity index (χ4v) is 9.72. The second kappa shape index (κ2) is 11.0. The molecule has 4 aliphatic carbocycles. The molecule has 1 aromatic rings. The van der Waals surface area contributed by atoms with Gasteiger partial charge in [0.2, 0.25) is 0 Å². The number of nitrogens with zero attached hydrogens (tertiary/aromatic N) is 1. The summed E-state index contributed by atoms with van der Waals surface area (Å²) < 4.78 is 5.91. The van der Waals surface area contributed by atoms with Gasteiger partial charge in [0, 0.05) is 18.6 Å². The van der Waals surface area contributed by atoms with Crippen LogP contribution in [0.3, 0.4) is 0 Å². The number of benzene rings is 1. The summed E-state index contributed by atoms with van der Waals surface area (Å²) in [5, 5.41) is 11.1. The molecule has 0 saturated heterocycles. The number of ether oxygens (including phenoxy) is 1. The Hall–Kier alpha value is -2.17. The van der Waals surface area contributed by atoms with Crippen molar-refractivity contribution in [2.45, 2.75) is 111 Å². The lowest BCUT2D eigenvalue weighted by Gasteiger charge is -2.58. The second-order valence-corrected chi connectivity index (χ2v) is 14.4. The van der Waals surface area contributed by atoms with E-state index in [9.17, 15) is 14.9 Å². The van der Waals surface area contributed by atoms with Crippen LogP contribution in [0.4, 0.5) is 5.69 Å². The molecule has 0 N–H and O–H groups in total. The molecule has 0 amide bonds. The molecule has 8 unspecified atom stereocenters. The van der Waals surface area contributed by atoms with Gasteiger partial charge in [-0.3, -0.25) is 10.1 Å². The SMILES string of the molecule is CC(C)CCCC(C)C1CCC2C3CC=C4CC(OC(=O)c5cccc([N+](=O)[O-])c5)CCC4(C)C3CCC12C. The third-order valence-corrected chi connectivity index (χ3v) is 11.8.